The van der Waals surface area contributed by atoms with Gasteiger partial charge < -0.3 is 5.32 Å². The number of carbonyl (C=O) groups is 1. The zero-order valence-corrected chi connectivity index (χ0v) is 14.4. The van der Waals surface area contributed by atoms with E-state index in [1.165, 1.54) is 18.2 Å². The molecule has 0 aliphatic carbocycles. The SMILES string of the molecule is CS(=O)(=O)NC(CC(=O)Nc1ccccc1F)c1ccc(Cl)cc1. The van der Waals surface area contributed by atoms with Crippen molar-refractivity contribution in [3.63, 3.8) is 0 Å². The zero-order chi connectivity index (χ0) is 17.7. The van der Waals surface area contributed by atoms with Crippen molar-refractivity contribution >= 4 is 33.2 Å². The Balaban J connectivity index is 2.17. The van der Waals surface area contributed by atoms with Crippen molar-refractivity contribution in [2.24, 2.45) is 0 Å². The molecule has 1 unspecified atom stereocenters. The van der Waals surface area contributed by atoms with Gasteiger partial charge in [0.1, 0.15) is 5.82 Å². The van der Waals surface area contributed by atoms with Crippen LogP contribution in [0.4, 0.5) is 10.1 Å². The van der Waals surface area contributed by atoms with Gasteiger partial charge in [0.15, 0.2) is 0 Å². The highest BCUT2D eigenvalue weighted by Crippen LogP contribution is 2.21. The molecule has 0 bridgehead atoms. The molecule has 0 aromatic heterocycles. The molecular weight excluding hydrogens is 355 g/mol. The van der Waals surface area contributed by atoms with Crippen LogP contribution in [0.5, 0.6) is 0 Å². The summed E-state index contributed by atoms with van der Waals surface area (Å²) < 4.78 is 39.1. The van der Waals surface area contributed by atoms with Crippen molar-refractivity contribution < 1.29 is 17.6 Å². The minimum absolute atomic E-state index is 0.0386. The van der Waals surface area contributed by atoms with Crippen molar-refractivity contribution in [1.82, 2.24) is 4.72 Å². The van der Waals surface area contributed by atoms with E-state index in [1.54, 1.807) is 30.3 Å². The second-order valence-corrected chi connectivity index (χ2v) is 7.44. The Morgan fingerprint density at radius 1 is 1.17 bits per heavy atom. The average Bonchev–Trinajstić information content (AvgIpc) is 2.48. The van der Waals surface area contributed by atoms with Crippen LogP contribution >= 0.6 is 11.6 Å². The van der Waals surface area contributed by atoms with E-state index in [-0.39, 0.29) is 12.1 Å². The number of rotatable bonds is 6. The van der Waals surface area contributed by atoms with Gasteiger partial charge in [-0.05, 0) is 29.8 Å². The Hall–Kier alpha value is -1.96. The second kappa shape index (κ2) is 7.74. The minimum atomic E-state index is -3.55. The van der Waals surface area contributed by atoms with Crippen LogP contribution < -0.4 is 10.0 Å². The van der Waals surface area contributed by atoms with Gasteiger partial charge in [0.05, 0.1) is 18.0 Å². The highest BCUT2D eigenvalue weighted by atomic mass is 35.5. The molecule has 128 valence electrons. The number of nitrogens with one attached hydrogen (secondary N) is 2. The van der Waals surface area contributed by atoms with E-state index < -0.39 is 27.8 Å². The van der Waals surface area contributed by atoms with E-state index in [9.17, 15) is 17.6 Å². The Bertz CT molecular complexity index is 825. The van der Waals surface area contributed by atoms with Crippen molar-refractivity contribution in [1.29, 1.82) is 0 Å². The first kappa shape index (κ1) is 18.4. The molecule has 0 saturated heterocycles. The van der Waals surface area contributed by atoms with Crippen LogP contribution in [-0.2, 0) is 14.8 Å². The second-order valence-electron chi connectivity index (χ2n) is 5.23. The highest BCUT2D eigenvalue weighted by molar-refractivity contribution is 7.88. The van der Waals surface area contributed by atoms with Gasteiger partial charge in [-0.25, -0.2) is 17.5 Å². The molecule has 2 aromatic carbocycles. The normalized spacial score (nSPS) is 12.6. The van der Waals surface area contributed by atoms with E-state index in [0.29, 0.717) is 10.6 Å². The summed E-state index contributed by atoms with van der Waals surface area (Å²) in [5.41, 5.74) is 0.616. The topological polar surface area (TPSA) is 75.3 Å². The van der Waals surface area contributed by atoms with Crippen LogP contribution in [0.3, 0.4) is 0 Å². The molecule has 24 heavy (non-hydrogen) atoms. The summed E-state index contributed by atoms with van der Waals surface area (Å²) in [4.78, 5) is 12.2. The minimum Gasteiger partial charge on any atom is -0.324 e. The third-order valence-electron chi connectivity index (χ3n) is 3.17. The lowest BCUT2D eigenvalue weighted by atomic mass is 10.0. The van der Waals surface area contributed by atoms with Crippen LogP contribution in [0.2, 0.25) is 5.02 Å². The molecule has 2 N–H and O–H groups in total. The lowest BCUT2D eigenvalue weighted by Crippen LogP contribution is -2.30. The van der Waals surface area contributed by atoms with Crippen molar-refractivity contribution in [2.75, 3.05) is 11.6 Å². The quantitative estimate of drug-likeness (QED) is 0.820. The number of anilines is 1. The summed E-state index contributed by atoms with van der Waals surface area (Å²) in [6.45, 7) is 0. The fraction of sp³-hybridized carbons (Fsp3) is 0.188. The largest absolute Gasteiger partial charge is 0.324 e. The third-order valence-corrected chi connectivity index (χ3v) is 4.13. The predicted molar refractivity (Wildman–Crippen MR) is 91.8 cm³/mol. The first-order chi connectivity index (χ1) is 11.2. The predicted octanol–water partition coefficient (Wildman–Crippen LogP) is 3.10. The number of sulfonamides is 1. The Morgan fingerprint density at radius 2 is 1.79 bits per heavy atom. The molecule has 0 saturated carbocycles. The number of hydrogen-bond acceptors (Lipinski definition) is 3. The van der Waals surface area contributed by atoms with Gasteiger partial charge in [-0.1, -0.05) is 35.9 Å². The number of halogens is 2. The monoisotopic (exact) mass is 370 g/mol. The van der Waals surface area contributed by atoms with E-state index >= 15 is 0 Å². The van der Waals surface area contributed by atoms with Gasteiger partial charge in [0.2, 0.25) is 15.9 Å². The number of para-hydroxylation sites is 1. The highest BCUT2D eigenvalue weighted by Gasteiger charge is 2.20. The van der Waals surface area contributed by atoms with E-state index in [2.05, 4.69) is 10.0 Å². The van der Waals surface area contributed by atoms with E-state index in [1.807, 2.05) is 0 Å². The molecule has 1 atom stereocenters. The summed E-state index contributed by atoms with van der Waals surface area (Å²) in [6, 6.07) is 11.4. The number of carbonyl (C=O) groups excluding carboxylic acids is 1. The zero-order valence-electron chi connectivity index (χ0n) is 12.8. The molecule has 0 aliphatic heterocycles. The molecule has 0 fully saturated rings. The molecule has 0 heterocycles. The molecule has 8 heteroatoms. The van der Waals surface area contributed by atoms with Crippen LogP contribution in [0, 0.1) is 5.82 Å². The van der Waals surface area contributed by atoms with Crippen molar-refractivity contribution in [3.05, 3.63) is 64.9 Å². The van der Waals surface area contributed by atoms with Gasteiger partial charge in [0, 0.05) is 11.4 Å². The average molecular weight is 371 g/mol. The number of amides is 1. The smallest absolute Gasteiger partial charge is 0.226 e. The number of benzene rings is 2. The number of hydrogen-bond donors (Lipinski definition) is 2. The third kappa shape index (κ3) is 5.59. The van der Waals surface area contributed by atoms with Gasteiger partial charge in [-0.3, -0.25) is 4.79 Å². The molecule has 0 spiro atoms. The Morgan fingerprint density at radius 3 is 2.38 bits per heavy atom. The van der Waals surface area contributed by atoms with Gasteiger partial charge in [-0.2, -0.15) is 0 Å². The van der Waals surface area contributed by atoms with Gasteiger partial charge in [0.25, 0.3) is 0 Å². The molecule has 0 radical (unpaired) electrons. The summed E-state index contributed by atoms with van der Waals surface area (Å²) in [5, 5.41) is 2.93. The molecule has 1 amide bonds. The van der Waals surface area contributed by atoms with Gasteiger partial charge >= 0.3 is 0 Å². The lowest BCUT2D eigenvalue weighted by Gasteiger charge is -2.18. The Kier molecular flexibility index (Phi) is 5.93. The van der Waals surface area contributed by atoms with Gasteiger partial charge in [-0.15, -0.1) is 0 Å². The Labute approximate surface area is 144 Å². The van der Waals surface area contributed by atoms with E-state index in [4.69, 9.17) is 11.6 Å². The fourth-order valence-electron chi connectivity index (χ4n) is 2.13. The van der Waals surface area contributed by atoms with Crippen LogP contribution in [0.1, 0.15) is 18.0 Å². The van der Waals surface area contributed by atoms with Crippen LogP contribution in [0.25, 0.3) is 0 Å². The maximum absolute atomic E-state index is 13.6. The first-order valence-electron chi connectivity index (χ1n) is 7.02. The van der Waals surface area contributed by atoms with Crippen molar-refractivity contribution in [2.45, 2.75) is 12.5 Å². The standard InChI is InChI=1S/C16H16ClFN2O3S/c1-24(22,23)20-15(11-6-8-12(17)9-7-11)10-16(21)19-14-5-3-2-4-13(14)18/h2-9,15,20H,10H2,1H3,(H,19,21). The summed E-state index contributed by atoms with van der Waals surface area (Å²) >= 11 is 5.82. The fourth-order valence-corrected chi connectivity index (χ4v) is 2.99. The lowest BCUT2D eigenvalue weighted by molar-refractivity contribution is -0.116. The molecule has 2 aromatic rings. The molecule has 2 rings (SSSR count). The first-order valence-corrected chi connectivity index (χ1v) is 9.29. The maximum atomic E-state index is 13.6. The maximum Gasteiger partial charge on any atom is 0.226 e. The van der Waals surface area contributed by atoms with Crippen LogP contribution in [0.15, 0.2) is 48.5 Å². The molecule has 0 aliphatic rings. The van der Waals surface area contributed by atoms with Crippen LogP contribution in [-0.4, -0.2) is 20.6 Å². The summed E-state index contributed by atoms with van der Waals surface area (Å²) in [6.07, 6.45) is 0.813. The van der Waals surface area contributed by atoms with Crippen molar-refractivity contribution in [3.8, 4) is 0 Å². The summed E-state index contributed by atoms with van der Waals surface area (Å²) in [5.74, 6) is -1.08. The molecular formula is C16H16ClFN2O3S. The summed E-state index contributed by atoms with van der Waals surface area (Å²) in [7, 11) is -3.55. The molecule has 5 nitrogen and oxygen atoms in total. The van der Waals surface area contributed by atoms with E-state index in [0.717, 1.165) is 6.26 Å².